The van der Waals surface area contributed by atoms with Crippen molar-refractivity contribution in [2.45, 2.75) is 59.2 Å². The fourth-order valence-electron chi connectivity index (χ4n) is 1.71. The third-order valence-electron chi connectivity index (χ3n) is 2.62. The molecule has 0 atom stereocenters. The molecule has 0 spiro atoms. The average molecular weight is 311 g/mol. The van der Waals surface area contributed by atoms with Crippen LogP contribution in [0.1, 0.15) is 47.1 Å². The van der Waals surface area contributed by atoms with Gasteiger partial charge in [-0.25, -0.2) is 4.79 Å². The minimum absolute atomic E-state index is 0.112. The van der Waals surface area contributed by atoms with E-state index < -0.39 is 11.7 Å². The van der Waals surface area contributed by atoms with Crippen LogP contribution in [0.25, 0.3) is 0 Å². The van der Waals surface area contributed by atoms with Crippen molar-refractivity contribution in [1.82, 2.24) is 20.8 Å². The summed E-state index contributed by atoms with van der Waals surface area (Å²) < 4.78 is 5.22. The molecule has 7 nitrogen and oxygen atoms in total. The van der Waals surface area contributed by atoms with Crippen molar-refractivity contribution in [3.05, 3.63) is 11.8 Å². The van der Waals surface area contributed by atoms with Crippen LogP contribution in [0.3, 0.4) is 0 Å². The first-order valence-electron chi connectivity index (χ1n) is 7.55. The second-order valence-corrected chi connectivity index (χ2v) is 7.25. The van der Waals surface area contributed by atoms with Gasteiger partial charge in [-0.3, -0.25) is 10.4 Å². The number of H-pyrrole nitrogens is 1. The van der Waals surface area contributed by atoms with Gasteiger partial charge in [-0.15, -0.1) is 0 Å². The zero-order valence-corrected chi connectivity index (χ0v) is 14.5. The van der Waals surface area contributed by atoms with Gasteiger partial charge >= 0.3 is 6.09 Å². The van der Waals surface area contributed by atoms with E-state index in [-0.39, 0.29) is 5.54 Å². The van der Waals surface area contributed by atoms with Crippen LogP contribution in [0.15, 0.2) is 6.20 Å². The Kier molecular flexibility index (Phi) is 6.37. The maximum absolute atomic E-state index is 11.8. The van der Waals surface area contributed by atoms with Gasteiger partial charge in [-0.1, -0.05) is 0 Å². The molecule has 126 valence electrons. The summed E-state index contributed by atoms with van der Waals surface area (Å²) in [4.78, 5) is 11.8. The molecule has 22 heavy (non-hydrogen) atoms. The number of carbonyl (C=O) groups excluding carboxylic acids is 1. The predicted octanol–water partition coefficient (Wildman–Crippen LogP) is 2.23. The number of nitrogens with zero attached hydrogens (tertiary/aromatic N) is 1. The van der Waals surface area contributed by atoms with Crippen LogP contribution in [0, 0.1) is 0 Å². The van der Waals surface area contributed by atoms with Crippen LogP contribution in [-0.4, -0.2) is 40.5 Å². The zero-order chi connectivity index (χ0) is 16.8. The normalized spacial score (nSPS) is 12.3. The Morgan fingerprint density at radius 1 is 1.23 bits per heavy atom. The van der Waals surface area contributed by atoms with Crippen LogP contribution in [0.5, 0.6) is 0 Å². The standard InChI is InChI=1S/C15H29N5O2/c1-14(2,3)17-8-7-16-9-11-10-18-20-12(11)19-13(21)22-15(4,5)6/h10,16-17H,7-9H2,1-6H3,(H2,18,19,20,21). The number of amides is 1. The molecule has 0 aliphatic carbocycles. The fourth-order valence-corrected chi connectivity index (χ4v) is 1.71. The van der Waals surface area contributed by atoms with Crippen LogP contribution in [0.2, 0.25) is 0 Å². The van der Waals surface area contributed by atoms with Gasteiger partial charge in [0.15, 0.2) is 0 Å². The monoisotopic (exact) mass is 311 g/mol. The molecule has 0 unspecified atom stereocenters. The van der Waals surface area contributed by atoms with E-state index in [2.05, 4.69) is 46.9 Å². The molecule has 0 aliphatic heterocycles. The summed E-state index contributed by atoms with van der Waals surface area (Å²) in [5, 5.41) is 16.1. The Labute approximate surface area is 132 Å². The molecular weight excluding hydrogens is 282 g/mol. The lowest BCUT2D eigenvalue weighted by atomic mass is 10.1. The molecule has 0 aliphatic rings. The van der Waals surface area contributed by atoms with Gasteiger partial charge in [0, 0.05) is 30.7 Å². The Balaban J connectivity index is 2.38. The summed E-state index contributed by atoms with van der Waals surface area (Å²) >= 11 is 0. The lowest BCUT2D eigenvalue weighted by Gasteiger charge is -2.20. The van der Waals surface area contributed by atoms with Gasteiger partial charge in [-0.2, -0.15) is 5.10 Å². The molecule has 1 amide bonds. The molecule has 0 saturated carbocycles. The SMILES string of the molecule is CC(C)(C)NCCNCc1cn[nH]c1NC(=O)OC(C)(C)C. The highest BCUT2D eigenvalue weighted by molar-refractivity contribution is 5.84. The number of hydrogen-bond acceptors (Lipinski definition) is 5. The number of carbonyl (C=O) groups is 1. The summed E-state index contributed by atoms with van der Waals surface area (Å²) in [5.41, 5.74) is 0.476. The van der Waals surface area contributed by atoms with Gasteiger partial charge in [0.05, 0.1) is 6.20 Å². The molecule has 0 fully saturated rings. The smallest absolute Gasteiger partial charge is 0.413 e. The van der Waals surface area contributed by atoms with E-state index in [1.807, 2.05) is 20.8 Å². The molecule has 1 aromatic heterocycles. The van der Waals surface area contributed by atoms with Crippen molar-refractivity contribution in [2.75, 3.05) is 18.4 Å². The van der Waals surface area contributed by atoms with Gasteiger partial charge in [0.25, 0.3) is 0 Å². The van der Waals surface area contributed by atoms with E-state index in [4.69, 9.17) is 4.74 Å². The van der Waals surface area contributed by atoms with Crippen molar-refractivity contribution in [2.24, 2.45) is 0 Å². The van der Waals surface area contributed by atoms with Gasteiger partial charge < -0.3 is 15.4 Å². The van der Waals surface area contributed by atoms with E-state index in [1.165, 1.54) is 0 Å². The van der Waals surface area contributed by atoms with Gasteiger partial charge in [0.2, 0.25) is 0 Å². The third-order valence-corrected chi connectivity index (χ3v) is 2.62. The highest BCUT2D eigenvalue weighted by Gasteiger charge is 2.17. The molecule has 0 radical (unpaired) electrons. The first-order valence-corrected chi connectivity index (χ1v) is 7.55. The Hall–Kier alpha value is -1.60. The van der Waals surface area contributed by atoms with E-state index in [0.717, 1.165) is 18.7 Å². The lowest BCUT2D eigenvalue weighted by Crippen LogP contribution is -2.40. The number of hydrogen-bond donors (Lipinski definition) is 4. The highest BCUT2D eigenvalue weighted by Crippen LogP contribution is 2.13. The summed E-state index contributed by atoms with van der Waals surface area (Å²) in [6, 6.07) is 0. The molecule has 0 bridgehead atoms. The second kappa shape index (κ2) is 7.60. The van der Waals surface area contributed by atoms with Crippen molar-refractivity contribution >= 4 is 11.9 Å². The minimum Gasteiger partial charge on any atom is -0.444 e. The average Bonchev–Trinajstić information content (AvgIpc) is 2.72. The number of rotatable bonds is 6. The Morgan fingerprint density at radius 3 is 2.50 bits per heavy atom. The molecule has 7 heteroatoms. The van der Waals surface area contributed by atoms with Crippen molar-refractivity contribution < 1.29 is 9.53 Å². The number of nitrogens with one attached hydrogen (secondary N) is 4. The van der Waals surface area contributed by atoms with E-state index >= 15 is 0 Å². The molecule has 1 rings (SSSR count). The second-order valence-electron chi connectivity index (χ2n) is 7.25. The van der Waals surface area contributed by atoms with E-state index in [9.17, 15) is 4.79 Å². The van der Waals surface area contributed by atoms with Crippen molar-refractivity contribution in [3.63, 3.8) is 0 Å². The molecule has 0 aromatic carbocycles. The quantitative estimate of drug-likeness (QED) is 0.605. The Bertz CT molecular complexity index is 471. The predicted molar refractivity (Wildman–Crippen MR) is 87.9 cm³/mol. The maximum atomic E-state index is 11.8. The third kappa shape index (κ3) is 7.99. The van der Waals surface area contributed by atoms with Crippen LogP contribution >= 0.6 is 0 Å². The zero-order valence-electron chi connectivity index (χ0n) is 14.5. The maximum Gasteiger partial charge on any atom is 0.413 e. The minimum atomic E-state index is -0.527. The fraction of sp³-hybridized carbons (Fsp3) is 0.733. The Morgan fingerprint density at radius 2 is 1.91 bits per heavy atom. The van der Waals surface area contributed by atoms with E-state index in [0.29, 0.717) is 12.4 Å². The molecule has 0 saturated heterocycles. The number of aromatic nitrogens is 2. The molecular formula is C15H29N5O2. The number of ether oxygens (including phenoxy) is 1. The molecule has 4 N–H and O–H groups in total. The van der Waals surface area contributed by atoms with Gasteiger partial charge in [-0.05, 0) is 41.5 Å². The van der Waals surface area contributed by atoms with Crippen LogP contribution in [-0.2, 0) is 11.3 Å². The van der Waals surface area contributed by atoms with Crippen molar-refractivity contribution in [3.8, 4) is 0 Å². The number of anilines is 1. The largest absolute Gasteiger partial charge is 0.444 e. The van der Waals surface area contributed by atoms with Gasteiger partial charge in [0.1, 0.15) is 11.4 Å². The highest BCUT2D eigenvalue weighted by atomic mass is 16.6. The van der Waals surface area contributed by atoms with Crippen molar-refractivity contribution in [1.29, 1.82) is 0 Å². The summed E-state index contributed by atoms with van der Waals surface area (Å²) in [6.45, 7) is 14.2. The van der Waals surface area contributed by atoms with Crippen LogP contribution in [0.4, 0.5) is 10.6 Å². The topological polar surface area (TPSA) is 91.1 Å². The molecule has 1 heterocycles. The summed E-state index contributed by atoms with van der Waals surface area (Å²) in [5.74, 6) is 0.561. The number of aromatic amines is 1. The van der Waals surface area contributed by atoms with E-state index in [1.54, 1.807) is 6.20 Å². The summed E-state index contributed by atoms with van der Waals surface area (Å²) in [6.07, 6.45) is 1.20. The first kappa shape index (κ1) is 18.4. The first-order chi connectivity index (χ1) is 10.1. The van der Waals surface area contributed by atoms with Crippen LogP contribution < -0.4 is 16.0 Å². The summed E-state index contributed by atoms with van der Waals surface area (Å²) in [7, 11) is 0. The lowest BCUT2D eigenvalue weighted by molar-refractivity contribution is 0.0635. The molecule has 1 aromatic rings.